The van der Waals surface area contributed by atoms with Crippen molar-refractivity contribution >= 4 is 11.9 Å². The summed E-state index contributed by atoms with van der Waals surface area (Å²) in [5, 5.41) is 9.55. The summed E-state index contributed by atoms with van der Waals surface area (Å²) in [7, 11) is 0. The van der Waals surface area contributed by atoms with Crippen molar-refractivity contribution in [2.24, 2.45) is 34.6 Å². The van der Waals surface area contributed by atoms with Gasteiger partial charge in [-0.05, 0) is 87.4 Å². The van der Waals surface area contributed by atoms with Gasteiger partial charge in [0.15, 0.2) is 0 Å². The van der Waals surface area contributed by atoms with Crippen LogP contribution in [-0.2, 0) is 14.3 Å². The highest BCUT2D eigenvalue weighted by Crippen LogP contribution is 2.64. The predicted octanol–water partition coefficient (Wildman–Crippen LogP) is 1.98. The first-order valence-corrected chi connectivity index (χ1v) is 12.3. The molecular weight excluding hydrogens is 392 g/mol. The number of esters is 1. The van der Waals surface area contributed by atoms with E-state index in [0.717, 1.165) is 57.8 Å². The smallest absolute Gasteiger partial charge is 0.326 e. The average molecular weight is 427 g/mol. The molecule has 1 aliphatic heterocycles. The quantitative estimate of drug-likeness (QED) is 0.663. The Balaban J connectivity index is 1.25. The summed E-state index contributed by atoms with van der Waals surface area (Å²) in [6.45, 7) is 0. The molecule has 7 rings (SSSR count). The first-order chi connectivity index (χ1) is 14.8. The second kappa shape index (κ2) is 6.45. The first kappa shape index (κ1) is 20.0. The Kier molecular flexibility index (Phi) is 4.16. The van der Waals surface area contributed by atoms with Crippen LogP contribution in [0.25, 0.3) is 0 Å². The molecule has 4 N–H and O–H groups in total. The van der Waals surface area contributed by atoms with Gasteiger partial charge in [0.25, 0.3) is 0 Å². The fourth-order valence-electron chi connectivity index (χ4n) is 8.55. The molecule has 0 aromatic heterocycles. The fourth-order valence-corrected chi connectivity index (χ4v) is 8.55. The van der Waals surface area contributed by atoms with Gasteiger partial charge in [0.1, 0.15) is 17.2 Å². The molecule has 7 heteroatoms. The zero-order valence-electron chi connectivity index (χ0n) is 18.2. The number of rotatable bonds is 4. The molecule has 0 spiro atoms. The third kappa shape index (κ3) is 2.90. The minimum Gasteiger partial charge on any atom is -0.458 e. The van der Waals surface area contributed by atoms with Gasteiger partial charge >= 0.3 is 5.97 Å². The Hall–Kier alpha value is -1.65. The molecule has 6 saturated carbocycles. The maximum Gasteiger partial charge on any atom is 0.326 e. The lowest BCUT2D eigenvalue weighted by atomic mass is 9.46. The molecule has 168 valence electrons. The average Bonchev–Trinajstić information content (AvgIpc) is 3.15. The van der Waals surface area contributed by atoms with Crippen LogP contribution < -0.4 is 11.5 Å². The van der Waals surface area contributed by atoms with E-state index < -0.39 is 17.2 Å². The largest absolute Gasteiger partial charge is 0.458 e. The van der Waals surface area contributed by atoms with Crippen LogP contribution in [0.1, 0.15) is 77.0 Å². The third-order valence-electron chi connectivity index (χ3n) is 9.70. The number of piperidine rings is 1. The summed E-state index contributed by atoms with van der Waals surface area (Å²) < 4.78 is 6.29. The summed E-state index contributed by atoms with van der Waals surface area (Å²) >= 11 is 0. The molecule has 31 heavy (non-hydrogen) atoms. The van der Waals surface area contributed by atoms with E-state index in [-0.39, 0.29) is 29.4 Å². The van der Waals surface area contributed by atoms with Crippen LogP contribution in [0.15, 0.2) is 0 Å². The Morgan fingerprint density at radius 1 is 1.06 bits per heavy atom. The van der Waals surface area contributed by atoms with E-state index in [1.165, 1.54) is 0 Å². The zero-order chi connectivity index (χ0) is 21.6. The topological polar surface area (TPSA) is 122 Å². The number of hydrogen-bond donors (Lipinski definition) is 2. The first-order valence-electron chi connectivity index (χ1n) is 12.3. The van der Waals surface area contributed by atoms with Gasteiger partial charge in [0, 0.05) is 6.04 Å². The minimum absolute atomic E-state index is 0.0499. The molecule has 2 unspecified atom stereocenters. The Labute approximate surface area is 183 Å². The maximum absolute atomic E-state index is 13.6. The molecule has 4 bridgehead atoms. The molecule has 1 saturated heterocycles. The van der Waals surface area contributed by atoms with Crippen LogP contribution >= 0.6 is 0 Å². The third-order valence-corrected chi connectivity index (χ3v) is 9.70. The van der Waals surface area contributed by atoms with E-state index in [4.69, 9.17) is 16.2 Å². The van der Waals surface area contributed by atoms with Crippen molar-refractivity contribution in [2.75, 3.05) is 0 Å². The molecule has 1 amide bonds. The number of nitriles is 1. The Morgan fingerprint density at radius 2 is 1.74 bits per heavy atom. The van der Waals surface area contributed by atoms with E-state index >= 15 is 0 Å². The van der Waals surface area contributed by atoms with E-state index in [9.17, 15) is 14.9 Å². The van der Waals surface area contributed by atoms with Crippen molar-refractivity contribution < 1.29 is 14.3 Å². The number of nitrogens with zero attached hydrogens (tertiary/aromatic N) is 2. The zero-order valence-corrected chi connectivity index (χ0v) is 18.2. The van der Waals surface area contributed by atoms with Gasteiger partial charge in [-0.3, -0.25) is 9.59 Å². The fraction of sp³-hybridized carbons (Fsp3) is 0.875. The number of hydrogen-bond acceptors (Lipinski definition) is 6. The van der Waals surface area contributed by atoms with Crippen molar-refractivity contribution in [3.05, 3.63) is 0 Å². The van der Waals surface area contributed by atoms with Crippen molar-refractivity contribution in [3.63, 3.8) is 0 Å². The van der Waals surface area contributed by atoms with Crippen LogP contribution in [0.3, 0.4) is 0 Å². The number of carbonyl (C=O) groups is 2. The van der Waals surface area contributed by atoms with Gasteiger partial charge in [-0.2, -0.15) is 5.26 Å². The van der Waals surface area contributed by atoms with Crippen molar-refractivity contribution in [2.45, 2.75) is 106 Å². The lowest BCUT2D eigenvalue weighted by Gasteiger charge is -2.62. The Morgan fingerprint density at radius 3 is 2.39 bits per heavy atom. The summed E-state index contributed by atoms with van der Waals surface area (Å²) in [5.41, 5.74) is 11.5. The van der Waals surface area contributed by atoms with Crippen LogP contribution in [0.5, 0.6) is 0 Å². The molecule has 0 radical (unpaired) electrons. The lowest BCUT2D eigenvalue weighted by Crippen LogP contribution is -2.66. The number of ether oxygens (including phenoxy) is 1. The molecule has 0 aromatic rings. The molecule has 7 aliphatic rings. The molecule has 1 heterocycles. The molecule has 7 fully saturated rings. The highest BCUT2D eigenvalue weighted by molar-refractivity contribution is 5.85. The monoisotopic (exact) mass is 426 g/mol. The van der Waals surface area contributed by atoms with Gasteiger partial charge in [0.2, 0.25) is 5.91 Å². The summed E-state index contributed by atoms with van der Waals surface area (Å²) in [4.78, 5) is 28.5. The number of nitrogens with two attached hydrogens (primary N) is 2. The van der Waals surface area contributed by atoms with E-state index in [2.05, 4.69) is 6.07 Å². The van der Waals surface area contributed by atoms with Gasteiger partial charge in [-0.1, -0.05) is 12.8 Å². The van der Waals surface area contributed by atoms with E-state index in [0.29, 0.717) is 37.0 Å². The molecule has 6 atom stereocenters. The summed E-state index contributed by atoms with van der Waals surface area (Å²) in [6, 6.07) is 1.58. The standard InChI is InChI=1S/C24H34N4O3/c25-12-17-6-16-7-18(16)28(17)20(29)19(26)22-8-14-5-15(9-22)11-23(10-14,13-22)31-21(30)24(27)3-1-2-4-24/h14-19H,1-11,13,26-27H2/t14?,15?,16-,17+,18+,19-,22?,23?/m1/s1. The van der Waals surface area contributed by atoms with Crippen LogP contribution in [-0.4, -0.2) is 46.0 Å². The molecule has 0 aromatic carbocycles. The normalized spacial score (nSPS) is 47.0. The minimum atomic E-state index is -0.842. The maximum atomic E-state index is 13.6. The number of carbonyl (C=O) groups excluding carboxylic acids is 2. The van der Waals surface area contributed by atoms with E-state index in [1.54, 1.807) is 4.90 Å². The predicted molar refractivity (Wildman–Crippen MR) is 112 cm³/mol. The van der Waals surface area contributed by atoms with Crippen molar-refractivity contribution in [1.29, 1.82) is 5.26 Å². The van der Waals surface area contributed by atoms with Crippen LogP contribution in [0, 0.1) is 34.5 Å². The summed E-state index contributed by atoms with van der Waals surface area (Å²) in [5.74, 6) is 1.09. The second-order valence-electron chi connectivity index (χ2n) is 11.9. The van der Waals surface area contributed by atoms with E-state index in [1.807, 2.05) is 0 Å². The highest BCUT2D eigenvalue weighted by Gasteiger charge is 2.64. The van der Waals surface area contributed by atoms with Gasteiger partial charge in [-0.15, -0.1) is 0 Å². The molecular formula is C24H34N4O3. The molecule has 7 nitrogen and oxygen atoms in total. The van der Waals surface area contributed by atoms with Crippen molar-refractivity contribution in [1.82, 2.24) is 4.90 Å². The van der Waals surface area contributed by atoms with Gasteiger partial charge in [0.05, 0.1) is 12.1 Å². The van der Waals surface area contributed by atoms with Crippen LogP contribution in [0.2, 0.25) is 0 Å². The highest BCUT2D eigenvalue weighted by atomic mass is 16.6. The van der Waals surface area contributed by atoms with Crippen molar-refractivity contribution in [3.8, 4) is 6.07 Å². The SMILES string of the molecule is N#C[C@@H]1C[C@@H]2C[C@@H]2N1C(=O)[C@@H](N)C12CC3CC(CC(OC(=O)C4(N)CCCC4)(C3)C1)C2. The Bertz CT molecular complexity index is 845. The number of fused-ring (bicyclic) bond motifs is 1. The van der Waals surface area contributed by atoms with Gasteiger partial charge in [-0.25, -0.2) is 0 Å². The van der Waals surface area contributed by atoms with Gasteiger partial charge < -0.3 is 21.1 Å². The second-order valence-corrected chi connectivity index (χ2v) is 11.9. The lowest BCUT2D eigenvalue weighted by molar-refractivity contribution is -0.210. The summed E-state index contributed by atoms with van der Waals surface area (Å²) in [6.07, 6.45) is 10.6. The number of amides is 1. The number of likely N-dealkylation sites (tertiary alicyclic amines) is 1. The molecule has 6 aliphatic carbocycles. The van der Waals surface area contributed by atoms with Crippen LogP contribution in [0.4, 0.5) is 0 Å².